The second kappa shape index (κ2) is 4.90. The number of aromatic nitrogens is 3. The summed E-state index contributed by atoms with van der Waals surface area (Å²) in [6, 6.07) is 4.18. The molecule has 2 aromatic rings. The topological polar surface area (TPSA) is 42.7 Å². The van der Waals surface area contributed by atoms with E-state index in [4.69, 9.17) is 0 Å². The summed E-state index contributed by atoms with van der Waals surface area (Å²) in [4.78, 5) is 4.66. The monoisotopic (exact) mass is 244 g/mol. The van der Waals surface area contributed by atoms with Crippen LogP contribution in [0.15, 0.2) is 12.1 Å². The standard InChI is InChI=1S/C14H20N4/c1-9-6-10(2)16-14(13(9)8-15-5)18-12(4)7-11(3)17-18/h6-7,15H,8H2,1-5H3. The fraction of sp³-hybridized carbons (Fsp3) is 0.429. The van der Waals surface area contributed by atoms with Crippen molar-refractivity contribution in [2.24, 2.45) is 0 Å². The summed E-state index contributed by atoms with van der Waals surface area (Å²) in [5, 5.41) is 7.73. The van der Waals surface area contributed by atoms with E-state index in [0.717, 1.165) is 29.4 Å². The normalized spacial score (nSPS) is 10.9. The first-order chi connectivity index (χ1) is 8.52. The van der Waals surface area contributed by atoms with E-state index in [-0.39, 0.29) is 0 Å². The van der Waals surface area contributed by atoms with Gasteiger partial charge in [0.25, 0.3) is 0 Å². The molecular weight excluding hydrogens is 224 g/mol. The molecule has 18 heavy (non-hydrogen) atoms. The van der Waals surface area contributed by atoms with Gasteiger partial charge < -0.3 is 5.32 Å². The molecule has 0 radical (unpaired) electrons. The lowest BCUT2D eigenvalue weighted by molar-refractivity contribution is 0.746. The van der Waals surface area contributed by atoms with E-state index in [1.54, 1.807) is 0 Å². The van der Waals surface area contributed by atoms with E-state index in [0.29, 0.717) is 0 Å². The molecule has 0 saturated heterocycles. The minimum atomic E-state index is 0.798. The molecule has 4 nitrogen and oxygen atoms in total. The third-order valence-electron chi connectivity index (χ3n) is 3.02. The molecule has 96 valence electrons. The molecule has 1 N–H and O–H groups in total. The molecule has 0 bridgehead atoms. The fourth-order valence-electron chi connectivity index (χ4n) is 2.26. The zero-order chi connectivity index (χ0) is 13.3. The van der Waals surface area contributed by atoms with E-state index in [1.165, 1.54) is 11.1 Å². The smallest absolute Gasteiger partial charge is 0.158 e. The average molecular weight is 244 g/mol. The van der Waals surface area contributed by atoms with Gasteiger partial charge in [-0.1, -0.05) is 0 Å². The van der Waals surface area contributed by atoms with Crippen molar-refractivity contribution in [1.82, 2.24) is 20.1 Å². The van der Waals surface area contributed by atoms with Crippen LogP contribution in [-0.2, 0) is 6.54 Å². The molecule has 0 aliphatic rings. The van der Waals surface area contributed by atoms with Gasteiger partial charge in [-0.25, -0.2) is 9.67 Å². The summed E-state index contributed by atoms with van der Waals surface area (Å²) in [6.07, 6.45) is 0. The first-order valence-corrected chi connectivity index (χ1v) is 6.18. The molecule has 0 unspecified atom stereocenters. The molecule has 0 spiro atoms. The van der Waals surface area contributed by atoms with Crippen LogP contribution < -0.4 is 5.32 Å². The Balaban J connectivity index is 2.65. The highest BCUT2D eigenvalue weighted by molar-refractivity contribution is 5.42. The average Bonchev–Trinajstić information content (AvgIpc) is 2.61. The van der Waals surface area contributed by atoms with Crippen molar-refractivity contribution in [2.45, 2.75) is 34.2 Å². The quantitative estimate of drug-likeness (QED) is 0.900. The van der Waals surface area contributed by atoms with Crippen molar-refractivity contribution in [2.75, 3.05) is 7.05 Å². The maximum atomic E-state index is 4.66. The number of nitrogens with zero attached hydrogens (tertiary/aromatic N) is 3. The molecule has 0 atom stereocenters. The predicted octanol–water partition coefficient (Wildman–Crippen LogP) is 2.22. The van der Waals surface area contributed by atoms with Crippen LogP contribution in [0, 0.1) is 27.7 Å². The van der Waals surface area contributed by atoms with Gasteiger partial charge in [0.05, 0.1) is 5.69 Å². The maximum absolute atomic E-state index is 4.66. The van der Waals surface area contributed by atoms with Crippen LogP contribution in [0.4, 0.5) is 0 Å². The second-order valence-electron chi connectivity index (χ2n) is 4.75. The third kappa shape index (κ3) is 2.29. The molecule has 0 fully saturated rings. The summed E-state index contributed by atoms with van der Waals surface area (Å²) in [7, 11) is 1.95. The Morgan fingerprint density at radius 1 is 1.11 bits per heavy atom. The summed E-state index contributed by atoms with van der Waals surface area (Å²) >= 11 is 0. The first-order valence-electron chi connectivity index (χ1n) is 6.18. The highest BCUT2D eigenvalue weighted by Crippen LogP contribution is 2.19. The van der Waals surface area contributed by atoms with Gasteiger partial charge in [-0.15, -0.1) is 0 Å². The Labute approximate surface area is 108 Å². The minimum absolute atomic E-state index is 0.798. The van der Waals surface area contributed by atoms with Gasteiger partial charge >= 0.3 is 0 Å². The summed E-state index contributed by atoms with van der Waals surface area (Å²) in [5.74, 6) is 0.937. The van der Waals surface area contributed by atoms with E-state index in [1.807, 2.05) is 25.6 Å². The van der Waals surface area contributed by atoms with Crippen LogP contribution in [0.5, 0.6) is 0 Å². The van der Waals surface area contributed by atoms with Crippen LogP contribution >= 0.6 is 0 Å². The SMILES string of the molecule is CNCc1c(C)cc(C)nc1-n1nc(C)cc1C. The fourth-order valence-corrected chi connectivity index (χ4v) is 2.26. The first kappa shape index (κ1) is 12.8. The Kier molecular flexibility index (Phi) is 3.48. The van der Waals surface area contributed by atoms with E-state index >= 15 is 0 Å². The van der Waals surface area contributed by atoms with Gasteiger partial charge in [0, 0.05) is 23.5 Å². The van der Waals surface area contributed by atoms with Gasteiger partial charge in [-0.3, -0.25) is 0 Å². The van der Waals surface area contributed by atoms with Crippen LogP contribution in [0.1, 0.15) is 28.2 Å². The number of hydrogen-bond donors (Lipinski definition) is 1. The zero-order valence-corrected chi connectivity index (χ0v) is 11.7. The number of nitrogens with one attached hydrogen (secondary N) is 1. The molecule has 0 saturated carbocycles. The van der Waals surface area contributed by atoms with Gasteiger partial charge in [-0.05, 0) is 52.4 Å². The molecule has 2 aromatic heterocycles. The van der Waals surface area contributed by atoms with E-state index in [2.05, 4.69) is 41.4 Å². The second-order valence-corrected chi connectivity index (χ2v) is 4.75. The Bertz CT molecular complexity index is 569. The molecule has 2 rings (SSSR count). The van der Waals surface area contributed by atoms with Gasteiger partial charge in [0.15, 0.2) is 5.82 Å². The van der Waals surface area contributed by atoms with Crippen LogP contribution in [0.2, 0.25) is 0 Å². The summed E-state index contributed by atoms with van der Waals surface area (Å²) in [5.41, 5.74) is 5.61. The van der Waals surface area contributed by atoms with Crippen LogP contribution in [-0.4, -0.2) is 21.8 Å². The summed E-state index contributed by atoms with van der Waals surface area (Å²) < 4.78 is 1.93. The Morgan fingerprint density at radius 2 is 1.83 bits per heavy atom. The molecule has 2 heterocycles. The number of rotatable bonds is 3. The molecule has 0 amide bonds. The van der Waals surface area contributed by atoms with Crippen molar-refractivity contribution < 1.29 is 0 Å². The predicted molar refractivity (Wildman–Crippen MR) is 73.1 cm³/mol. The molecule has 0 aliphatic heterocycles. The van der Waals surface area contributed by atoms with Crippen molar-refractivity contribution in [3.05, 3.63) is 40.3 Å². The minimum Gasteiger partial charge on any atom is -0.316 e. The van der Waals surface area contributed by atoms with Crippen molar-refractivity contribution in [3.8, 4) is 5.82 Å². The number of hydrogen-bond acceptors (Lipinski definition) is 3. The highest BCUT2D eigenvalue weighted by atomic mass is 15.3. The maximum Gasteiger partial charge on any atom is 0.158 e. The Hall–Kier alpha value is -1.68. The lowest BCUT2D eigenvalue weighted by Gasteiger charge is -2.14. The molecule has 4 heteroatoms. The highest BCUT2D eigenvalue weighted by Gasteiger charge is 2.13. The lowest BCUT2D eigenvalue weighted by atomic mass is 10.1. The van der Waals surface area contributed by atoms with Gasteiger partial charge in [-0.2, -0.15) is 5.10 Å². The van der Waals surface area contributed by atoms with Crippen molar-refractivity contribution in [3.63, 3.8) is 0 Å². The van der Waals surface area contributed by atoms with Gasteiger partial charge in [0.1, 0.15) is 0 Å². The van der Waals surface area contributed by atoms with Crippen molar-refractivity contribution >= 4 is 0 Å². The molecule has 0 aliphatic carbocycles. The number of aryl methyl sites for hydroxylation is 4. The van der Waals surface area contributed by atoms with E-state index in [9.17, 15) is 0 Å². The summed E-state index contributed by atoms with van der Waals surface area (Å²) in [6.45, 7) is 9.00. The zero-order valence-electron chi connectivity index (χ0n) is 11.7. The van der Waals surface area contributed by atoms with E-state index < -0.39 is 0 Å². The molecular formula is C14H20N4. The van der Waals surface area contributed by atoms with Crippen LogP contribution in [0.25, 0.3) is 5.82 Å². The van der Waals surface area contributed by atoms with Gasteiger partial charge in [0.2, 0.25) is 0 Å². The largest absolute Gasteiger partial charge is 0.316 e. The number of pyridine rings is 1. The van der Waals surface area contributed by atoms with Crippen molar-refractivity contribution in [1.29, 1.82) is 0 Å². The Morgan fingerprint density at radius 3 is 2.39 bits per heavy atom. The lowest BCUT2D eigenvalue weighted by Crippen LogP contribution is -2.14. The molecule has 0 aromatic carbocycles. The third-order valence-corrected chi connectivity index (χ3v) is 3.02. The van der Waals surface area contributed by atoms with Crippen LogP contribution in [0.3, 0.4) is 0 Å².